The summed E-state index contributed by atoms with van der Waals surface area (Å²) in [5.41, 5.74) is 0. The standard InChI is InChI=1S/C13H16BrFO/c1-9-2-4-10(5-3-9)16-11-6-7-12(14)13(15)8-11/h6-10H,2-5H2,1H3. The first-order valence-electron chi connectivity index (χ1n) is 5.77. The van der Waals surface area contributed by atoms with E-state index in [9.17, 15) is 4.39 Å². The van der Waals surface area contributed by atoms with Crippen molar-refractivity contribution in [1.29, 1.82) is 0 Å². The van der Waals surface area contributed by atoms with E-state index in [2.05, 4.69) is 22.9 Å². The lowest BCUT2D eigenvalue weighted by molar-refractivity contribution is 0.135. The van der Waals surface area contributed by atoms with Gasteiger partial charge in [-0.05, 0) is 59.7 Å². The van der Waals surface area contributed by atoms with Gasteiger partial charge in [-0.15, -0.1) is 0 Å². The van der Waals surface area contributed by atoms with E-state index in [1.54, 1.807) is 6.07 Å². The van der Waals surface area contributed by atoms with Crippen LogP contribution >= 0.6 is 15.9 Å². The maximum atomic E-state index is 13.3. The number of hydrogen-bond acceptors (Lipinski definition) is 1. The van der Waals surface area contributed by atoms with Crippen LogP contribution in [-0.2, 0) is 0 Å². The van der Waals surface area contributed by atoms with Crippen molar-refractivity contribution in [2.45, 2.75) is 38.7 Å². The minimum absolute atomic E-state index is 0.261. The summed E-state index contributed by atoms with van der Waals surface area (Å²) in [5, 5.41) is 0. The molecule has 1 fully saturated rings. The number of ether oxygens (including phenoxy) is 1. The quantitative estimate of drug-likeness (QED) is 0.775. The molecule has 1 aromatic rings. The fourth-order valence-electron chi connectivity index (χ4n) is 2.09. The molecule has 0 amide bonds. The molecule has 88 valence electrons. The van der Waals surface area contributed by atoms with E-state index in [-0.39, 0.29) is 11.9 Å². The molecule has 1 aromatic carbocycles. The zero-order valence-electron chi connectivity index (χ0n) is 9.38. The molecule has 3 heteroatoms. The largest absolute Gasteiger partial charge is 0.490 e. The fraction of sp³-hybridized carbons (Fsp3) is 0.538. The maximum absolute atomic E-state index is 13.3. The van der Waals surface area contributed by atoms with Crippen LogP contribution in [0.3, 0.4) is 0 Å². The molecule has 0 saturated heterocycles. The predicted molar refractivity (Wildman–Crippen MR) is 66.1 cm³/mol. The van der Waals surface area contributed by atoms with E-state index in [1.807, 2.05) is 6.07 Å². The third-order valence-corrected chi connectivity index (χ3v) is 3.80. The fourth-order valence-corrected chi connectivity index (χ4v) is 2.34. The van der Waals surface area contributed by atoms with Gasteiger partial charge < -0.3 is 4.74 Å². The van der Waals surface area contributed by atoms with Gasteiger partial charge in [-0.1, -0.05) is 6.92 Å². The molecule has 1 nitrogen and oxygen atoms in total. The zero-order valence-corrected chi connectivity index (χ0v) is 11.0. The van der Waals surface area contributed by atoms with Crippen LogP contribution in [0.4, 0.5) is 4.39 Å². The summed E-state index contributed by atoms with van der Waals surface area (Å²) in [6.07, 6.45) is 4.85. The zero-order chi connectivity index (χ0) is 11.5. The third kappa shape index (κ3) is 2.97. The van der Waals surface area contributed by atoms with Gasteiger partial charge in [-0.25, -0.2) is 4.39 Å². The Morgan fingerprint density at radius 3 is 2.56 bits per heavy atom. The Labute approximate surface area is 104 Å². The van der Waals surface area contributed by atoms with Gasteiger partial charge in [0.15, 0.2) is 0 Å². The summed E-state index contributed by atoms with van der Waals surface area (Å²) in [6.45, 7) is 2.27. The van der Waals surface area contributed by atoms with Gasteiger partial charge in [0.1, 0.15) is 11.6 Å². The Morgan fingerprint density at radius 1 is 1.25 bits per heavy atom. The Hall–Kier alpha value is -0.570. The molecule has 1 aliphatic carbocycles. The minimum atomic E-state index is -0.262. The second-order valence-corrected chi connectivity index (χ2v) is 5.43. The van der Waals surface area contributed by atoms with Crippen LogP contribution in [0.1, 0.15) is 32.6 Å². The van der Waals surface area contributed by atoms with Crippen LogP contribution in [0.5, 0.6) is 5.75 Å². The van der Waals surface area contributed by atoms with Crippen molar-refractivity contribution < 1.29 is 9.13 Å². The molecule has 0 radical (unpaired) electrons. The molecular formula is C13H16BrFO. The normalized spacial score (nSPS) is 25.4. The van der Waals surface area contributed by atoms with E-state index in [0.29, 0.717) is 10.2 Å². The summed E-state index contributed by atoms with van der Waals surface area (Å²) >= 11 is 3.13. The molecule has 0 spiro atoms. The highest BCUT2D eigenvalue weighted by atomic mass is 79.9. The number of hydrogen-bond donors (Lipinski definition) is 0. The highest BCUT2D eigenvalue weighted by Crippen LogP contribution is 2.28. The molecule has 16 heavy (non-hydrogen) atoms. The summed E-state index contributed by atoms with van der Waals surface area (Å²) in [7, 11) is 0. The first-order chi connectivity index (χ1) is 7.65. The van der Waals surface area contributed by atoms with Gasteiger partial charge in [0.25, 0.3) is 0 Å². The van der Waals surface area contributed by atoms with Crippen LogP contribution in [0.15, 0.2) is 22.7 Å². The van der Waals surface area contributed by atoms with Crippen LogP contribution in [0.2, 0.25) is 0 Å². The molecule has 1 aliphatic rings. The lowest BCUT2D eigenvalue weighted by Crippen LogP contribution is -2.23. The molecular weight excluding hydrogens is 271 g/mol. The summed E-state index contributed by atoms with van der Waals surface area (Å²) < 4.78 is 19.5. The smallest absolute Gasteiger partial charge is 0.141 e. The Balaban J connectivity index is 1.96. The molecule has 0 N–H and O–H groups in total. The first-order valence-corrected chi connectivity index (χ1v) is 6.56. The minimum Gasteiger partial charge on any atom is -0.490 e. The predicted octanol–water partition coefficient (Wildman–Crippen LogP) is 4.55. The highest BCUT2D eigenvalue weighted by Gasteiger charge is 2.19. The van der Waals surface area contributed by atoms with E-state index in [0.717, 1.165) is 18.8 Å². The second-order valence-electron chi connectivity index (χ2n) is 4.58. The lowest BCUT2D eigenvalue weighted by atomic mass is 9.89. The topological polar surface area (TPSA) is 9.23 Å². The third-order valence-electron chi connectivity index (χ3n) is 3.16. The molecule has 2 rings (SSSR count). The SMILES string of the molecule is CC1CCC(Oc2ccc(Br)c(F)c2)CC1. The van der Waals surface area contributed by atoms with Crippen LogP contribution in [0.25, 0.3) is 0 Å². The van der Waals surface area contributed by atoms with Crippen molar-refractivity contribution in [3.8, 4) is 5.75 Å². The Morgan fingerprint density at radius 2 is 1.94 bits per heavy atom. The van der Waals surface area contributed by atoms with Gasteiger partial charge in [0.05, 0.1) is 10.6 Å². The van der Waals surface area contributed by atoms with Crippen LogP contribution < -0.4 is 4.74 Å². The summed E-state index contributed by atoms with van der Waals surface area (Å²) in [4.78, 5) is 0. The van der Waals surface area contributed by atoms with Crippen LogP contribution in [-0.4, -0.2) is 6.10 Å². The van der Waals surface area contributed by atoms with Gasteiger partial charge in [0.2, 0.25) is 0 Å². The number of rotatable bonds is 2. The van der Waals surface area contributed by atoms with Crippen molar-refractivity contribution in [3.63, 3.8) is 0 Å². The molecule has 0 atom stereocenters. The summed E-state index contributed by atoms with van der Waals surface area (Å²) in [5.74, 6) is 1.18. The van der Waals surface area contributed by atoms with Crippen molar-refractivity contribution >= 4 is 15.9 Å². The summed E-state index contributed by atoms with van der Waals surface area (Å²) in [6, 6.07) is 4.95. The Bertz CT molecular complexity index is 359. The van der Waals surface area contributed by atoms with E-state index in [4.69, 9.17) is 4.74 Å². The van der Waals surface area contributed by atoms with Gasteiger partial charge in [-0.2, -0.15) is 0 Å². The number of benzene rings is 1. The first kappa shape index (κ1) is 11.9. The average molecular weight is 287 g/mol. The maximum Gasteiger partial charge on any atom is 0.141 e. The highest BCUT2D eigenvalue weighted by molar-refractivity contribution is 9.10. The lowest BCUT2D eigenvalue weighted by Gasteiger charge is -2.26. The molecule has 0 bridgehead atoms. The van der Waals surface area contributed by atoms with Crippen molar-refractivity contribution in [2.75, 3.05) is 0 Å². The van der Waals surface area contributed by atoms with E-state index < -0.39 is 0 Å². The monoisotopic (exact) mass is 286 g/mol. The van der Waals surface area contributed by atoms with Gasteiger partial charge in [0, 0.05) is 6.07 Å². The molecule has 0 aromatic heterocycles. The van der Waals surface area contributed by atoms with Gasteiger partial charge >= 0.3 is 0 Å². The van der Waals surface area contributed by atoms with E-state index >= 15 is 0 Å². The molecule has 0 aliphatic heterocycles. The van der Waals surface area contributed by atoms with Crippen molar-refractivity contribution in [2.24, 2.45) is 5.92 Å². The second kappa shape index (κ2) is 5.17. The molecule has 0 unspecified atom stereocenters. The van der Waals surface area contributed by atoms with Gasteiger partial charge in [-0.3, -0.25) is 0 Å². The van der Waals surface area contributed by atoms with Crippen molar-refractivity contribution in [1.82, 2.24) is 0 Å². The molecule has 1 saturated carbocycles. The van der Waals surface area contributed by atoms with E-state index in [1.165, 1.54) is 18.9 Å². The molecule has 0 heterocycles. The van der Waals surface area contributed by atoms with Crippen molar-refractivity contribution in [3.05, 3.63) is 28.5 Å². The van der Waals surface area contributed by atoms with Crippen LogP contribution in [0, 0.1) is 11.7 Å². The Kier molecular flexibility index (Phi) is 3.85. The average Bonchev–Trinajstić information content (AvgIpc) is 2.27. The number of halogens is 2.